The Morgan fingerprint density at radius 3 is 2.16 bits per heavy atom. The Balaban J connectivity index is 1.14. The maximum atomic E-state index is 5.28. The van der Waals surface area contributed by atoms with Crippen molar-refractivity contribution in [3.05, 3.63) is 208 Å². The van der Waals surface area contributed by atoms with Crippen LogP contribution in [0.3, 0.4) is 0 Å². The third kappa shape index (κ3) is 5.69. The molecule has 3 aliphatic carbocycles. The number of hydrogen-bond donors (Lipinski definition) is 0. The van der Waals surface area contributed by atoms with Crippen molar-refractivity contribution in [3.63, 3.8) is 0 Å². The summed E-state index contributed by atoms with van der Waals surface area (Å²) < 4.78 is 0. The van der Waals surface area contributed by atoms with Crippen LogP contribution in [0, 0.1) is 5.92 Å². The van der Waals surface area contributed by atoms with Crippen LogP contribution in [-0.2, 0) is 11.8 Å². The van der Waals surface area contributed by atoms with Gasteiger partial charge in [-0.05, 0) is 105 Å². The van der Waals surface area contributed by atoms with E-state index in [4.69, 9.17) is 15.0 Å². The molecular formula is C53H41N3S. The first kappa shape index (κ1) is 34.2. The van der Waals surface area contributed by atoms with E-state index in [2.05, 4.69) is 165 Å². The molecule has 1 aromatic heterocycles. The van der Waals surface area contributed by atoms with Crippen LogP contribution in [-0.4, -0.2) is 15.0 Å². The zero-order chi connectivity index (χ0) is 37.9. The SMILES string of the molecule is CC1C=C(c2ccc(-c3nc(-c4ccccc4)nc(-c4ccc5c(c4)C4(C6=C(C=CCC=C6)Sc6ccccc64)c4ccc6ccccc6c4C5)n3)cc2)CCC1. The standard InChI is InChI=1S/C53H41N3S/c1-34-13-12-17-39(31-34)35-23-25-38(26-24-35)51-54-50(37-15-4-2-5-16-37)55-52(56-51)41-28-27-40-32-43-42-18-9-8-14-36(42)29-30-44(43)53(47(40)33-41)45-19-6-3-7-21-48(45)57-49-22-11-10-20-46(49)53/h2,4-11,14-16,18-31,33-34H,3,12-13,17,32H2,1H3. The second kappa shape index (κ2) is 13.8. The number of thioether (sulfide) groups is 1. The first-order chi connectivity index (χ1) is 28.1. The predicted molar refractivity (Wildman–Crippen MR) is 236 cm³/mol. The van der Waals surface area contributed by atoms with E-state index in [0.29, 0.717) is 23.4 Å². The van der Waals surface area contributed by atoms with Crippen LogP contribution in [0.25, 0.3) is 50.5 Å². The zero-order valence-electron chi connectivity index (χ0n) is 32.0. The molecule has 4 heteroatoms. The van der Waals surface area contributed by atoms with Gasteiger partial charge in [0.25, 0.3) is 0 Å². The van der Waals surface area contributed by atoms with Crippen molar-refractivity contribution in [3.8, 4) is 34.2 Å². The minimum atomic E-state index is -0.537. The van der Waals surface area contributed by atoms with Crippen molar-refractivity contribution in [2.24, 2.45) is 5.92 Å². The van der Waals surface area contributed by atoms with Gasteiger partial charge in [0.2, 0.25) is 0 Å². The summed E-state index contributed by atoms with van der Waals surface area (Å²) in [6.07, 6.45) is 17.2. The Labute approximate surface area is 338 Å². The van der Waals surface area contributed by atoms with Gasteiger partial charge in [0.05, 0.1) is 5.41 Å². The fraction of sp³-hybridized carbons (Fsp3) is 0.151. The normalized spacial score (nSPS) is 19.4. The van der Waals surface area contributed by atoms with Crippen LogP contribution in [0.15, 0.2) is 179 Å². The Bertz CT molecular complexity index is 2860. The number of nitrogens with zero attached hydrogens (tertiary/aromatic N) is 3. The number of hydrogen-bond acceptors (Lipinski definition) is 4. The smallest absolute Gasteiger partial charge is 0.164 e. The van der Waals surface area contributed by atoms with Crippen LogP contribution in [0.5, 0.6) is 0 Å². The molecule has 57 heavy (non-hydrogen) atoms. The van der Waals surface area contributed by atoms with Crippen LogP contribution >= 0.6 is 11.8 Å². The van der Waals surface area contributed by atoms with Crippen molar-refractivity contribution in [2.75, 3.05) is 0 Å². The summed E-state index contributed by atoms with van der Waals surface area (Å²) in [6, 6.07) is 48.8. The molecule has 0 N–H and O–H groups in total. The maximum absolute atomic E-state index is 5.28. The summed E-state index contributed by atoms with van der Waals surface area (Å²) in [7, 11) is 0. The van der Waals surface area contributed by atoms with Crippen molar-refractivity contribution in [1.82, 2.24) is 15.0 Å². The fourth-order valence-electron chi connectivity index (χ4n) is 9.70. The highest BCUT2D eigenvalue weighted by molar-refractivity contribution is 8.03. The maximum Gasteiger partial charge on any atom is 0.164 e. The molecule has 2 unspecified atom stereocenters. The molecule has 274 valence electrons. The van der Waals surface area contributed by atoms with Gasteiger partial charge in [-0.3, -0.25) is 0 Å². The monoisotopic (exact) mass is 751 g/mol. The molecule has 1 spiro atoms. The molecule has 0 saturated carbocycles. The lowest BCUT2D eigenvalue weighted by atomic mass is 9.58. The van der Waals surface area contributed by atoms with Gasteiger partial charge in [-0.25, -0.2) is 15.0 Å². The highest BCUT2D eigenvalue weighted by atomic mass is 32.2. The average molecular weight is 752 g/mol. The van der Waals surface area contributed by atoms with Gasteiger partial charge in [-0.1, -0.05) is 170 Å². The molecule has 0 fully saturated rings. The second-order valence-electron chi connectivity index (χ2n) is 15.8. The number of benzene rings is 6. The Kier molecular flexibility index (Phi) is 8.29. The minimum Gasteiger partial charge on any atom is -0.208 e. The Hall–Kier alpha value is -6.10. The van der Waals surface area contributed by atoms with Crippen LogP contribution in [0.1, 0.15) is 66.0 Å². The number of aromatic nitrogens is 3. The van der Waals surface area contributed by atoms with E-state index >= 15 is 0 Å². The molecule has 2 atom stereocenters. The highest BCUT2D eigenvalue weighted by Gasteiger charge is 2.49. The number of rotatable bonds is 4. The van der Waals surface area contributed by atoms with Crippen molar-refractivity contribution in [2.45, 2.75) is 49.3 Å². The predicted octanol–water partition coefficient (Wildman–Crippen LogP) is 13.3. The lowest BCUT2D eigenvalue weighted by molar-refractivity contribution is 0.593. The molecule has 1 aliphatic heterocycles. The highest BCUT2D eigenvalue weighted by Crippen LogP contribution is 2.60. The minimum absolute atomic E-state index is 0.537. The summed E-state index contributed by atoms with van der Waals surface area (Å²) in [4.78, 5) is 18.2. The molecule has 11 rings (SSSR count). The third-order valence-electron chi connectivity index (χ3n) is 12.4. The van der Waals surface area contributed by atoms with Gasteiger partial charge in [-0.15, -0.1) is 0 Å². The zero-order valence-corrected chi connectivity index (χ0v) is 32.8. The molecule has 0 bridgehead atoms. The molecule has 0 amide bonds. The largest absolute Gasteiger partial charge is 0.208 e. The third-order valence-corrected chi connectivity index (χ3v) is 13.5. The average Bonchev–Trinajstić information content (AvgIpc) is 3.52. The Morgan fingerprint density at radius 1 is 0.614 bits per heavy atom. The molecule has 0 radical (unpaired) electrons. The van der Waals surface area contributed by atoms with Crippen LogP contribution in [0.4, 0.5) is 0 Å². The van der Waals surface area contributed by atoms with E-state index in [-0.39, 0.29) is 0 Å². The molecule has 3 nitrogen and oxygen atoms in total. The van der Waals surface area contributed by atoms with Crippen molar-refractivity contribution in [1.29, 1.82) is 0 Å². The van der Waals surface area contributed by atoms with Gasteiger partial charge in [0.1, 0.15) is 0 Å². The van der Waals surface area contributed by atoms with Gasteiger partial charge in [0, 0.05) is 26.5 Å². The number of allylic oxidation sites excluding steroid dienone is 7. The van der Waals surface area contributed by atoms with Gasteiger partial charge < -0.3 is 0 Å². The lowest BCUT2D eigenvalue weighted by Gasteiger charge is -2.46. The van der Waals surface area contributed by atoms with Gasteiger partial charge in [-0.2, -0.15) is 0 Å². The fourth-order valence-corrected chi connectivity index (χ4v) is 10.9. The first-order valence-corrected chi connectivity index (χ1v) is 21.1. The quantitative estimate of drug-likeness (QED) is 0.179. The van der Waals surface area contributed by atoms with Gasteiger partial charge >= 0.3 is 0 Å². The number of fused-ring (bicyclic) bond motifs is 9. The summed E-state index contributed by atoms with van der Waals surface area (Å²) in [5, 5.41) is 2.60. The van der Waals surface area contributed by atoms with E-state index in [1.807, 2.05) is 17.8 Å². The molecule has 6 aromatic carbocycles. The Morgan fingerprint density at radius 2 is 1.32 bits per heavy atom. The molecule has 2 heterocycles. The molecule has 0 saturated heterocycles. The van der Waals surface area contributed by atoms with Crippen LogP contribution < -0.4 is 0 Å². The van der Waals surface area contributed by atoms with Crippen LogP contribution in [0.2, 0.25) is 0 Å². The molecular weight excluding hydrogens is 711 g/mol. The second-order valence-corrected chi connectivity index (χ2v) is 16.9. The first-order valence-electron chi connectivity index (χ1n) is 20.3. The van der Waals surface area contributed by atoms with Crippen molar-refractivity contribution >= 4 is 28.1 Å². The summed E-state index contributed by atoms with van der Waals surface area (Å²) in [6.45, 7) is 2.32. The lowest BCUT2D eigenvalue weighted by Crippen LogP contribution is -2.38. The van der Waals surface area contributed by atoms with E-state index in [1.165, 1.54) is 77.9 Å². The van der Waals surface area contributed by atoms with E-state index < -0.39 is 5.41 Å². The van der Waals surface area contributed by atoms with Crippen molar-refractivity contribution < 1.29 is 0 Å². The summed E-state index contributed by atoms with van der Waals surface area (Å²) >= 11 is 1.89. The topological polar surface area (TPSA) is 38.7 Å². The van der Waals surface area contributed by atoms with E-state index in [9.17, 15) is 0 Å². The van der Waals surface area contributed by atoms with E-state index in [0.717, 1.165) is 36.0 Å². The summed E-state index contributed by atoms with van der Waals surface area (Å²) in [5.41, 5.74) is 13.2. The van der Waals surface area contributed by atoms with E-state index in [1.54, 1.807) is 0 Å². The molecule has 4 aliphatic rings. The van der Waals surface area contributed by atoms with Gasteiger partial charge in [0.15, 0.2) is 17.5 Å². The molecule has 7 aromatic rings. The summed E-state index contributed by atoms with van der Waals surface area (Å²) in [5.74, 6) is 2.66.